The molecule has 0 radical (unpaired) electrons. The fourth-order valence-electron chi connectivity index (χ4n) is 3.21. The molecule has 1 amide bonds. The minimum absolute atomic E-state index is 0.0263. The zero-order valence-corrected chi connectivity index (χ0v) is 16.4. The molecule has 1 saturated carbocycles. The van der Waals surface area contributed by atoms with Gasteiger partial charge in [-0.25, -0.2) is 9.97 Å². The molecular formula is C22H20N6O2. The third-order valence-electron chi connectivity index (χ3n) is 4.99. The number of methoxy groups -OCH3 is 1. The lowest BCUT2D eigenvalue weighted by Crippen LogP contribution is -2.25. The average molecular weight is 400 g/mol. The molecule has 30 heavy (non-hydrogen) atoms. The Balaban J connectivity index is 1.41. The molecule has 0 bridgehead atoms. The Labute approximate surface area is 172 Å². The highest BCUT2D eigenvalue weighted by atomic mass is 16.5. The number of carbonyl (C=O) groups excluding carboxylic acids is 1. The van der Waals surface area contributed by atoms with Gasteiger partial charge >= 0.3 is 0 Å². The van der Waals surface area contributed by atoms with Gasteiger partial charge in [0.25, 0.3) is 5.91 Å². The number of hydrogen-bond donors (Lipinski definition) is 2. The molecule has 150 valence electrons. The van der Waals surface area contributed by atoms with E-state index in [-0.39, 0.29) is 5.91 Å². The molecule has 8 nitrogen and oxygen atoms in total. The number of hydrogen-bond acceptors (Lipinski definition) is 6. The second-order valence-corrected chi connectivity index (χ2v) is 7.16. The number of benzene rings is 1. The van der Waals surface area contributed by atoms with E-state index in [0.717, 1.165) is 41.1 Å². The van der Waals surface area contributed by atoms with Crippen molar-refractivity contribution in [2.45, 2.75) is 18.9 Å². The Morgan fingerprint density at radius 3 is 2.60 bits per heavy atom. The summed E-state index contributed by atoms with van der Waals surface area (Å²) in [7, 11) is 1.58. The third-order valence-corrected chi connectivity index (χ3v) is 4.99. The largest absolute Gasteiger partial charge is 0.481 e. The molecule has 8 heteroatoms. The van der Waals surface area contributed by atoms with Crippen molar-refractivity contribution in [3.63, 3.8) is 0 Å². The van der Waals surface area contributed by atoms with Crippen LogP contribution in [0.4, 0.5) is 11.5 Å². The summed E-state index contributed by atoms with van der Waals surface area (Å²) in [6.45, 7) is 0. The van der Waals surface area contributed by atoms with Crippen molar-refractivity contribution in [2.24, 2.45) is 0 Å². The van der Waals surface area contributed by atoms with Gasteiger partial charge in [0, 0.05) is 29.4 Å². The van der Waals surface area contributed by atoms with E-state index in [1.54, 1.807) is 36.3 Å². The van der Waals surface area contributed by atoms with Crippen molar-refractivity contribution in [3.8, 4) is 17.0 Å². The van der Waals surface area contributed by atoms with Crippen molar-refractivity contribution in [3.05, 3.63) is 66.6 Å². The molecule has 1 aliphatic rings. The molecule has 3 aromatic heterocycles. The Hall–Kier alpha value is -3.94. The molecule has 5 rings (SSSR count). The van der Waals surface area contributed by atoms with Gasteiger partial charge < -0.3 is 15.4 Å². The van der Waals surface area contributed by atoms with E-state index in [2.05, 4.69) is 25.7 Å². The number of rotatable bonds is 6. The number of carbonyl (C=O) groups is 1. The minimum Gasteiger partial charge on any atom is -0.481 e. The van der Waals surface area contributed by atoms with Crippen LogP contribution in [-0.4, -0.2) is 38.6 Å². The molecule has 0 saturated heterocycles. The smallest absolute Gasteiger partial charge is 0.251 e. The first-order valence-electron chi connectivity index (χ1n) is 9.72. The quantitative estimate of drug-likeness (QED) is 0.515. The lowest BCUT2D eigenvalue weighted by Gasteiger charge is -2.09. The molecule has 0 aliphatic heterocycles. The van der Waals surface area contributed by atoms with Crippen LogP contribution in [0.1, 0.15) is 23.2 Å². The first-order chi connectivity index (χ1) is 14.7. The summed E-state index contributed by atoms with van der Waals surface area (Å²) >= 11 is 0. The van der Waals surface area contributed by atoms with Gasteiger partial charge in [-0.05, 0) is 42.7 Å². The van der Waals surface area contributed by atoms with Gasteiger partial charge in [0.15, 0.2) is 5.65 Å². The number of anilines is 2. The van der Waals surface area contributed by atoms with E-state index in [4.69, 9.17) is 4.74 Å². The monoisotopic (exact) mass is 400 g/mol. The fraction of sp³-hybridized carbons (Fsp3) is 0.182. The number of pyridine rings is 1. The van der Waals surface area contributed by atoms with E-state index in [9.17, 15) is 4.79 Å². The molecule has 0 unspecified atom stereocenters. The normalized spacial score (nSPS) is 13.2. The number of fused-ring (bicyclic) bond motifs is 1. The van der Waals surface area contributed by atoms with Crippen LogP contribution in [0.25, 0.3) is 16.8 Å². The summed E-state index contributed by atoms with van der Waals surface area (Å²) in [5.74, 6) is 1.29. The first-order valence-corrected chi connectivity index (χ1v) is 9.72. The second kappa shape index (κ2) is 7.47. The summed E-state index contributed by atoms with van der Waals surface area (Å²) in [5.41, 5.74) is 4.02. The van der Waals surface area contributed by atoms with Crippen LogP contribution < -0.4 is 15.4 Å². The standard InChI is InChI=1S/C22H20N6O2/c1-30-20-9-8-17(12-24-20)26-19-10-11-23-21-18(13-25-28(19)21)14-2-4-15(5-3-14)22(29)27-16-6-7-16/h2-5,8-13,16,26H,6-7H2,1H3,(H,27,29). The predicted octanol–water partition coefficient (Wildman–Crippen LogP) is 3.44. The number of nitrogens with one attached hydrogen (secondary N) is 2. The summed E-state index contributed by atoms with van der Waals surface area (Å²) in [6.07, 6.45) is 7.35. The van der Waals surface area contributed by atoms with E-state index < -0.39 is 0 Å². The van der Waals surface area contributed by atoms with Crippen molar-refractivity contribution in [1.82, 2.24) is 24.9 Å². The summed E-state index contributed by atoms with van der Waals surface area (Å²) in [4.78, 5) is 20.9. The van der Waals surface area contributed by atoms with Gasteiger partial charge in [0.1, 0.15) is 5.82 Å². The summed E-state index contributed by atoms with van der Waals surface area (Å²) in [5, 5.41) is 10.8. The van der Waals surface area contributed by atoms with Crippen LogP contribution in [0.2, 0.25) is 0 Å². The molecular weight excluding hydrogens is 380 g/mol. The van der Waals surface area contributed by atoms with Gasteiger partial charge in [-0.3, -0.25) is 4.79 Å². The second-order valence-electron chi connectivity index (χ2n) is 7.16. The Morgan fingerprint density at radius 2 is 1.90 bits per heavy atom. The zero-order valence-electron chi connectivity index (χ0n) is 16.4. The van der Waals surface area contributed by atoms with Crippen LogP contribution in [0, 0.1) is 0 Å². The molecule has 1 aliphatic carbocycles. The highest BCUT2D eigenvalue weighted by molar-refractivity contribution is 5.95. The average Bonchev–Trinajstić information content (AvgIpc) is 3.49. The van der Waals surface area contributed by atoms with Crippen LogP contribution in [0.3, 0.4) is 0 Å². The van der Waals surface area contributed by atoms with Gasteiger partial charge in [0.05, 0.1) is 25.2 Å². The lowest BCUT2D eigenvalue weighted by atomic mass is 10.1. The summed E-state index contributed by atoms with van der Waals surface area (Å²) in [6, 6.07) is 13.4. The SMILES string of the molecule is COc1ccc(Nc2ccnc3c(-c4ccc(C(=O)NC5CC5)cc4)cnn23)cn1. The highest BCUT2D eigenvalue weighted by Crippen LogP contribution is 2.27. The van der Waals surface area contributed by atoms with Crippen molar-refractivity contribution < 1.29 is 9.53 Å². The fourth-order valence-corrected chi connectivity index (χ4v) is 3.21. The summed E-state index contributed by atoms with van der Waals surface area (Å²) < 4.78 is 6.84. The van der Waals surface area contributed by atoms with Gasteiger partial charge in [0.2, 0.25) is 5.88 Å². The van der Waals surface area contributed by atoms with Gasteiger partial charge in [-0.1, -0.05) is 12.1 Å². The van der Waals surface area contributed by atoms with E-state index in [1.807, 2.05) is 36.4 Å². The van der Waals surface area contributed by atoms with Crippen LogP contribution in [0.15, 0.2) is 61.1 Å². The zero-order chi connectivity index (χ0) is 20.5. The topological polar surface area (TPSA) is 93.4 Å². The highest BCUT2D eigenvalue weighted by Gasteiger charge is 2.23. The maximum absolute atomic E-state index is 12.2. The molecule has 1 fully saturated rings. The lowest BCUT2D eigenvalue weighted by molar-refractivity contribution is 0.0951. The molecule has 0 spiro atoms. The number of aromatic nitrogens is 4. The van der Waals surface area contributed by atoms with Crippen molar-refractivity contribution in [2.75, 3.05) is 12.4 Å². The maximum Gasteiger partial charge on any atom is 0.251 e. The van der Waals surface area contributed by atoms with Crippen molar-refractivity contribution >= 4 is 23.1 Å². The number of ether oxygens (including phenoxy) is 1. The predicted molar refractivity (Wildman–Crippen MR) is 113 cm³/mol. The van der Waals surface area contributed by atoms with Crippen LogP contribution in [-0.2, 0) is 0 Å². The number of amides is 1. The van der Waals surface area contributed by atoms with E-state index in [0.29, 0.717) is 17.5 Å². The third kappa shape index (κ3) is 3.55. The van der Waals surface area contributed by atoms with Gasteiger partial charge in [-0.2, -0.15) is 9.61 Å². The van der Waals surface area contributed by atoms with Crippen LogP contribution >= 0.6 is 0 Å². The maximum atomic E-state index is 12.2. The first kappa shape index (κ1) is 18.1. The molecule has 4 aromatic rings. The molecule has 2 N–H and O–H groups in total. The van der Waals surface area contributed by atoms with Crippen LogP contribution in [0.5, 0.6) is 5.88 Å². The Bertz CT molecular complexity index is 1200. The Morgan fingerprint density at radius 1 is 1.07 bits per heavy atom. The molecule has 3 heterocycles. The minimum atomic E-state index is -0.0263. The van der Waals surface area contributed by atoms with E-state index in [1.165, 1.54) is 0 Å². The molecule has 1 aromatic carbocycles. The molecule has 0 atom stereocenters. The number of nitrogens with zero attached hydrogens (tertiary/aromatic N) is 4. The Kier molecular flexibility index (Phi) is 4.51. The van der Waals surface area contributed by atoms with Gasteiger partial charge in [-0.15, -0.1) is 0 Å². The van der Waals surface area contributed by atoms with E-state index >= 15 is 0 Å². The van der Waals surface area contributed by atoms with Crippen molar-refractivity contribution in [1.29, 1.82) is 0 Å².